The van der Waals surface area contributed by atoms with Gasteiger partial charge in [-0.05, 0) is 25.5 Å². The van der Waals surface area contributed by atoms with Crippen molar-refractivity contribution < 1.29 is 13.9 Å². The van der Waals surface area contributed by atoms with Crippen LogP contribution in [0.2, 0.25) is 0 Å². The molecule has 5 heterocycles. The van der Waals surface area contributed by atoms with E-state index < -0.39 is 0 Å². The molecule has 2 aromatic heterocycles. The number of carbonyl (C=O) groups is 1. The van der Waals surface area contributed by atoms with E-state index >= 15 is 4.39 Å². The van der Waals surface area contributed by atoms with Gasteiger partial charge in [0.2, 0.25) is 5.91 Å². The van der Waals surface area contributed by atoms with Crippen LogP contribution in [0.25, 0.3) is 11.1 Å². The maximum Gasteiger partial charge on any atom is 0.245 e. The molecule has 0 N–H and O–H groups in total. The van der Waals surface area contributed by atoms with Gasteiger partial charge in [-0.3, -0.25) is 4.79 Å². The number of likely N-dealkylation sites (tertiary alicyclic amines) is 1. The van der Waals surface area contributed by atoms with Gasteiger partial charge in [0.05, 0.1) is 34.5 Å². The number of benzene rings is 1. The summed E-state index contributed by atoms with van der Waals surface area (Å²) in [6, 6.07) is 8.91. The van der Waals surface area contributed by atoms with E-state index in [9.17, 15) is 10.1 Å². The normalized spacial score (nSPS) is 19.9. The molecule has 1 aromatic carbocycles. The van der Waals surface area contributed by atoms with Crippen molar-refractivity contribution >= 4 is 23.1 Å². The second kappa shape index (κ2) is 9.05. The highest BCUT2D eigenvalue weighted by molar-refractivity contribution is 7.09. The zero-order chi connectivity index (χ0) is 25.7. The molecule has 0 saturated carbocycles. The summed E-state index contributed by atoms with van der Waals surface area (Å²) < 4.78 is 21.4. The topological polar surface area (TPSA) is 82.4 Å². The first-order valence-electron chi connectivity index (χ1n) is 12.3. The van der Waals surface area contributed by atoms with Gasteiger partial charge < -0.3 is 14.5 Å². The summed E-state index contributed by atoms with van der Waals surface area (Å²) in [4.78, 5) is 26.4. The van der Waals surface area contributed by atoms with E-state index in [-0.39, 0.29) is 29.9 Å². The molecule has 188 valence electrons. The highest BCUT2D eigenvalue weighted by Gasteiger charge is 2.49. The Morgan fingerprint density at radius 2 is 2.16 bits per heavy atom. The molecular weight excluding hydrogens is 489 g/mol. The molecule has 9 heteroatoms. The van der Waals surface area contributed by atoms with Crippen molar-refractivity contribution in [1.29, 1.82) is 5.26 Å². The number of fused-ring (bicyclic) bond motifs is 1. The van der Waals surface area contributed by atoms with Crippen molar-refractivity contribution in [2.75, 3.05) is 31.1 Å². The molecule has 2 saturated heterocycles. The average Bonchev–Trinajstić information content (AvgIpc) is 3.53. The van der Waals surface area contributed by atoms with E-state index in [0.29, 0.717) is 48.6 Å². The summed E-state index contributed by atoms with van der Waals surface area (Å²) in [7, 11) is 0. The molecule has 0 bridgehead atoms. The number of nitriles is 1. The van der Waals surface area contributed by atoms with E-state index in [1.54, 1.807) is 34.4 Å². The van der Waals surface area contributed by atoms with E-state index in [1.807, 2.05) is 12.4 Å². The average molecular weight is 516 g/mol. The van der Waals surface area contributed by atoms with Crippen molar-refractivity contribution in [3.05, 3.63) is 75.6 Å². The van der Waals surface area contributed by atoms with Crippen LogP contribution in [0.15, 0.2) is 42.4 Å². The highest BCUT2D eigenvalue weighted by atomic mass is 32.1. The third kappa shape index (κ3) is 3.92. The predicted octanol–water partition coefficient (Wildman–Crippen LogP) is 4.56. The molecule has 0 aliphatic carbocycles. The molecular formula is C28H26FN5O2S. The minimum atomic E-state index is -0.380. The van der Waals surface area contributed by atoms with Crippen LogP contribution in [0.4, 0.5) is 10.2 Å². The lowest BCUT2D eigenvalue weighted by atomic mass is 9.79. The largest absolute Gasteiger partial charge is 0.367 e. The number of ether oxygens (including phenoxy) is 1. The maximum absolute atomic E-state index is 15.1. The Bertz CT molecular complexity index is 1460. The number of thiazole rings is 1. The van der Waals surface area contributed by atoms with E-state index in [1.165, 1.54) is 12.1 Å². The van der Waals surface area contributed by atoms with Crippen LogP contribution in [0.1, 0.15) is 39.9 Å². The number of anilines is 1. The Hall–Kier alpha value is -3.61. The standard InChI is InChI=1S/C28H26FN5O2S/c1-3-24(35)34-14-28(15-34)8-9-33(13-28)27-19(11-30)25(18-6-4-5-7-21(18)29)20-12-36-23(10-22(20)32-27)26-17(2)31-16-37-26/h3-7,16,23H,1,8-10,12-15H2,2H3. The Balaban J connectivity index is 1.42. The number of carbonyl (C=O) groups excluding carboxylic acids is 1. The van der Waals surface area contributed by atoms with Gasteiger partial charge >= 0.3 is 0 Å². The molecule has 1 spiro atoms. The van der Waals surface area contributed by atoms with Crippen LogP contribution < -0.4 is 4.90 Å². The second-order valence-corrected chi connectivity index (χ2v) is 11.0. The summed E-state index contributed by atoms with van der Waals surface area (Å²) in [6.45, 7) is 8.55. The van der Waals surface area contributed by atoms with Crippen LogP contribution in [-0.4, -0.2) is 47.0 Å². The lowest BCUT2D eigenvalue weighted by Gasteiger charge is -2.47. The van der Waals surface area contributed by atoms with Crippen LogP contribution in [-0.2, 0) is 22.6 Å². The number of halogens is 1. The molecule has 1 amide bonds. The zero-order valence-corrected chi connectivity index (χ0v) is 21.4. The number of rotatable bonds is 4. The van der Waals surface area contributed by atoms with Crippen LogP contribution in [0.3, 0.4) is 0 Å². The van der Waals surface area contributed by atoms with Crippen molar-refractivity contribution in [3.63, 3.8) is 0 Å². The Morgan fingerprint density at radius 1 is 1.35 bits per heavy atom. The summed E-state index contributed by atoms with van der Waals surface area (Å²) in [5.74, 6) is 0.153. The van der Waals surface area contributed by atoms with Gasteiger partial charge in [-0.15, -0.1) is 11.3 Å². The third-order valence-electron chi connectivity index (χ3n) is 7.78. The van der Waals surface area contributed by atoms with Crippen molar-refractivity contribution in [3.8, 4) is 17.2 Å². The molecule has 0 radical (unpaired) electrons. The number of hydrogen-bond acceptors (Lipinski definition) is 7. The van der Waals surface area contributed by atoms with Crippen molar-refractivity contribution in [1.82, 2.24) is 14.9 Å². The second-order valence-electron chi connectivity index (χ2n) is 10.1. The van der Waals surface area contributed by atoms with Gasteiger partial charge in [0.25, 0.3) is 0 Å². The smallest absolute Gasteiger partial charge is 0.245 e. The van der Waals surface area contributed by atoms with E-state index in [0.717, 1.165) is 34.8 Å². The minimum Gasteiger partial charge on any atom is -0.367 e. The summed E-state index contributed by atoms with van der Waals surface area (Å²) in [5, 5.41) is 10.3. The Kier molecular flexibility index (Phi) is 5.81. The molecule has 3 aromatic rings. The first-order chi connectivity index (χ1) is 17.9. The minimum absolute atomic E-state index is 0.0213. The first-order valence-corrected chi connectivity index (χ1v) is 13.2. The molecule has 2 fully saturated rings. The SMILES string of the molecule is C=CC(=O)N1CC2(CCN(c3nc4c(c(-c5ccccc5F)c3C#N)COC(c3scnc3C)C4)C2)C1. The molecule has 1 atom stereocenters. The van der Waals surface area contributed by atoms with Gasteiger partial charge in [-0.1, -0.05) is 24.8 Å². The van der Waals surface area contributed by atoms with Crippen LogP contribution >= 0.6 is 11.3 Å². The quantitative estimate of drug-likeness (QED) is 0.474. The van der Waals surface area contributed by atoms with E-state index in [2.05, 4.69) is 22.5 Å². The van der Waals surface area contributed by atoms with Gasteiger partial charge in [0.1, 0.15) is 23.3 Å². The number of hydrogen-bond donors (Lipinski definition) is 0. The number of pyridine rings is 1. The molecule has 6 rings (SSSR count). The lowest BCUT2D eigenvalue weighted by Crippen LogP contribution is -2.59. The fraction of sp³-hybridized carbons (Fsp3) is 0.357. The van der Waals surface area contributed by atoms with Crippen molar-refractivity contribution in [2.24, 2.45) is 5.41 Å². The monoisotopic (exact) mass is 515 g/mol. The van der Waals surface area contributed by atoms with Crippen LogP contribution in [0.5, 0.6) is 0 Å². The molecule has 37 heavy (non-hydrogen) atoms. The van der Waals surface area contributed by atoms with Gasteiger partial charge in [-0.25, -0.2) is 14.4 Å². The van der Waals surface area contributed by atoms with Gasteiger partial charge in [-0.2, -0.15) is 5.26 Å². The van der Waals surface area contributed by atoms with Gasteiger partial charge in [0.15, 0.2) is 0 Å². The zero-order valence-electron chi connectivity index (χ0n) is 20.5. The van der Waals surface area contributed by atoms with Crippen LogP contribution in [0, 0.1) is 29.5 Å². The van der Waals surface area contributed by atoms with E-state index in [4.69, 9.17) is 9.72 Å². The Morgan fingerprint density at radius 3 is 2.86 bits per heavy atom. The molecule has 7 nitrogen and oxygen atoms in total. The predicted molar refractivity (Wildman–Crippen MR) is 138 cm³/mol. The number of nitrogens with zero attached hydrogens (tertiary/aromatic N) is 5. The van der Waals surface area contributed by atoms with Gasteiger partial charge in [0, 0.05) is 54.7 Å². The maximum atomic E-state index is 15.1. The number of aryl methyl sites for hydroxylation is 1. The summed E-state index contributed by atoms with van der Waals surface area (Å²) in [6.07, 6.45) is 2.59. The van der Waals surface area contributed by atoms with Crippen molar-refractivity contribution in [2.45, 2.75) is 32.5 Å². The third-order valence-corrected chi connectivity index (χ3v) is 8.80. The summed E-state index contributed by atoms with van der Waals surface area (Å²) in [5.41, 5.74) is 5.65. The summed E-state index contributed by atoms with van der Waals surface area (Å²) >= 11 is 1.56. The fourth-order valence-electron chi connectivity index (χ4n) is 5.91. The molecule has 3 aliphatic rings. The number of aromatic nitrogens is 2. The number of amides is 1. The lowest BCUT2D eigenvalue weighted by molar-refractivity contribution is -0.136. The molecule has 3 aliphatic heterocycles. The molecule has 1 unspecified atom stereocenters. The first kappa shape index (κ1) is 23.8. The fourth-order valence-corrected chi connectivity index (χ4v) is 6.76. The highest BCUT2D eigenvalue weighted by Crippen LogP contribution is 2.45. The Labute approximate surface area is 218 Å².